The summed E-state index contributed by atoms with van der Waals surface area (Å²) in [6.45, 7) is 6.23. The Balaban J connectivity index is 1.53. The smallest absolute Gasteiger partial charge is 0.412 e. The molecule has 1 aliphatic rings. The fourth-order valence-electron chi connectivity index (χ4n) is 3.41. The van der Waals surface area contributed by atoms with E-state index in [4.69, 9.17) is 14.2 Å². The third-order valence-corrected chi connectivity index (χ3v) is 5.01. The number of ether oxygens (including phenoxy) is 3. The summed E-state index contributed by atoms with van der Waals surface area (Å²) in [5, 5.41) is 13.9. The van der Waals surface area contributed by atoms with Gasteiger partial charge in [-0.25, -0.2) is 9.59 Å². The number of benzene rings is 2. The largest absolute Gasteiger partial charge is 0.490 e. The molecule has 0 unspecified atom stereocenters. The van der Waals surface area contributed by atoms with Gasteiger partial charge in [-0.3, -0.25) is 15.4 Å². The minimum atomic E-state index is -0.782. The average Bonchev–Trinajstić information content (AvgIpc) is 2.78. The molecule has 0 aliphatic carbocycles. The number of amides is 2. The standard InChI is InChI=1S/C24H29N3O7/c1-24(2,3)34-22(28)25-20-10-9-19(15-21(20)27(30)31)33-18-11-13-26(14-12-18)23(29)32-16-17-7-5-4-6-8-17/h4-10,15,18H,11-14,16H2,1-3H3,(H,25,28). The monoisotopic (exact) mass is 471 g/mol. The van der Waals surface area contributed by atoms with Gasteiger partial charge in [0.1, 0.15) is 29.7 Å². The first kappa shape index (κ1) is 24.8. The van der Waals surface area contributed by atoms with Gasteiger partial charge in [-0.05, 0) is 38.5 Å². The lowest BCUT2D eigenvalue weighted by atomic mass is 10.1. The van der Waals surface area contributed by atoms with Crippen molar-refractivity contribution in [2.24, 2.45) is 0 Å². The number of nitro benzene ring substituents is 1. The quantitative estimate of drug-likeness (QED) is 0.458. The van der Waals surface area contributed by atoms with Crippen molar-refractivity contribution in [3.8, 4) is 5.75 Å². The van der Waals surface area contributed by atoms with Crippen molar-refractivity contribution < 1.29 is 28.7 Å². The average molecular weight is 472 g/mol. The highest BCUT2D eigenvalue weighted by atomic mass is 16.6. The van der Waals surface area contributed by atoms with Crippen LogP contribution in [0.3, 0.4) is 0 Å². The van der Waals surface area contributed by atoms with Gasteiger partial charge < -0.3 is 19.1 Å². The van der Waals surface area contributed by atoms with Crippen LogP contribution in [0.15, 0.2) is 48.5 Å². The van der Waals surface area contributed by atoms with Crippen molar-refractivity contribution in [2.45, 2.75) is 51.9 Å². The Labute approximate surface area is 197 Å². The summed E-state index contributed by atoms with van der Waals surface area (Å²) in [4.78, 5) is 36.8. The minimum Gasteiger partial charge on any atom is -0.490 e. The Bertz CT molecular complexity index is 1010. The van der Waals surface area contributed by atoms with Crippen LogP contribution in [0.2, 0.25) is 0 Å². The van der Waals surface area contributed by atoms with Gasteiger partial charge in [-0.2, -0.15) is 0 Å². The third kappa shape index (κ3) is 7.36. The number of nitrogens with one attached hydrogen (secondary N) is 1. The predicted octanol–water partition coefficient (Wildman–Crippen LogP) is 5.12. The lowest BCUT2D eigenvalue weighted by molar-refractivity contribution is -0.384. The molecule has 0 bridgehead atoms. The molecule has 0 aromatic heterocycles. The zero-order chi connectivity index (χ0) is 24.7. The van der Waals surface area contributed by atoms with E-state index in [1.165, 1.54) is 12.1 Å². The molecule has 10 nitrogen and oxygen atoms in total. The van der Waals surface area contributed by atoms with Crippen molar-refractivity contribution in [3.05, 3.63) is 64.2 Å². The molecule has 2 amide bonds. The first-order chi connectivity index (χ1) is 16.1. The molecule has 182 valence electrons. The van der Waals surface area contributed by atoms with E-state index in [0.29, 0.717) is 31.7 Å². The van der Waals surface area contributed by atoms with Crippen molar-refractivity contribution >= 4 is 23.6 Å². The van der Waals surface area contributed by atoms with E-state index < -0.39 is 16.6 Å². The molecule has 0 atom stereocenters. The maximum absolute atomic E-state index is 12.3. The number of carbonyl (C=O) groups excluding carboxylic acids is 2. The van der Waals surface area contributed by atoms with Crippen molar-refractivity contribution in [3.63, 3.8) is 0 Å². The van der Waals surface area contributed by atoms with E-state index in [1.807, 2.05) is 30.3 Å². The van der Waals surface area contributed by atoms with Crippen molar-refractivity contribution in [1.29, 1.82) is 0 Å². The van der Waals surface area contributed by atoms with Gasteiger partial charge in [0.2, 0.25) is 0 Å². The number of anilines is 1. The lowest BCUT2D eigenvalue weighted by Crippen LogP contribution is -2.42. The summed E-state index contributed by atoms with van der Waals surface area (Å²) in [5.41, 5.74) is -0.0989. The molecule has 3 rings (SSSR count). The first-order valence-electron chi connectivity index (χ1n) is 11.0. The molecular weight excluding hydrogens is 442 g/mol. The Morgan fingerprint density at radius 2 is 1.79 bits per heavy atom. The fraction of sp³-hybridized carbons (Fsp3) is 0.417. The second kappa shape index (κ2) is 10.9. The summed E-state index contributed by atoms with van der Waals surface area (Å²) >= 11 is 0. The number of carbonyl (C=O) groups is 2. The van der Waals surface area contributed by atoms with Crippen molar-refractivity contribution in [1.82, 2.24) is 4.90 Å². The van der Waals surface area contributed by atoms with Gasteiger partial charge >= 0.3 is 12.2 Å². The van der Waals surface area contributed by atoms with Crippen LogP contribution in [-0.2, 0) is 16.1 Å². The summed E-state index contributed by atoms with van der Waals surface area (Å²) in [6.07, 6.45) is -0.244. The molecule has 1 aliphatic heterocycles. The minimum absolute atomic E-state index is 0.0163. The number of nitrogens with zero attached hydrogens (tertiary/aromatic N) is 2. The van der Waals surface area contributed by atoms with Crippen LogP contribution in [0.25, 0.3) is 0 Å². The number of nitro groups is 1. The first-order valence-corrected chi connectivity index (χ1v) is 11.0. The molecule has 2 aromatic carbocycles. The van der Waals surface area contributed by atoms with Gasteiger partial charge in [-0.15, -0.1) is 0 Å². The maximum atomic E-state index is 12.3. The second-order valence-electron chi connectivity index (χ2n) is 8.91. The van der Waals surface area contributed by atoms with E-state index in [-0.39, 0.29) is 30.2 Å². The number of piperidine rings is 1. The maximum Gasteiger partial charge on any atom is 0.412 e. The zero-order valence-electron chi connectivity index (χ0n) is 19.5. The van der Waals surface area contributed by atoms with Crippen LogP contribution in [0.5, 0.6) is 5.75 Å². The summed E-state index contributed by atoms with van der Waals surface area (Å²) < 4.78 is 16.4. The molecular formula is C24H29N3O7. The summed E-state index contributed by atoms with van der Waals surface area (Å²) in [6, 6.07) is 13.7. The zero-order valence-corrected chi connectivity index (χ0v) is 19.5. The van der Waals surface area contributed by atoms with Crippen LogP contribution in [0, 0.1) is 10.1 Å². The molecule has 2 aromatic rings. The molecule has 0 radical (unpaired) electrons. The Morgan fingerprint density at radius 1 is 1.12 bits per heavy atom. The molecule has 1 N–H and O–H groups in total. The van der Waals surface area contributed by atoms with Gasteiger partial charge in [0.25, 0.3) is 5.69 Å². The molecule has 10 heteroatoms. The number of rotatable bonds is 6. The Morgan fingerprint density at radius 3 is 2.41 bits per heavy atom. The molecule has 0 saturated carbocycles. The summed E-state index contributed by atoms with van der Waals surface area (Å²) in [5.74, 6) is 0.312. The molecule has 1 saturated heterocycles. The topological polar surface area (TPSA) is 120 Å². The van der Waals surface area contributed by atoms with Crippen LogP contribution < -0.4 is 10.1 Å². The van der Waals surface area contributed by atoms with Crippen LogP contribution in [0.1, 0.15) is 39.2 Å². The summed E-state index contributed by atoms with van der Waals surface area (Å²) in [7, 11) is 0. The van der Waals surface area contributed by atoms with E-state index in [2.05, 4.69) is 5.32 Å². The normalized spacial score (nSPS) is 14.3. The highest BCUT2D eigenvalue weighted by molar-refractivity contribution is 5.88. The van der Waals surface area contributed by atoms with Crippen molar-refractivity contribution in [2.75, 3.05) is 18.4 Å². The molecule has 1 fully saturated rings. The van der Waals surface area contributed by atoms with E-state index in [0.717, 1.165) is 5.56 Å². The highest BCUT2D eigenvalue weighted by Crippen LogP contribution is 2.31. The van der Waals surface area contributed by atoms with Gasteiger partial charge in [0, 0.05) is 25.9 Å². The molecule has 1 heterocycles. The van der Waals surface area contributed by atoms with E-state index in [1.54, 1.807) is 31.7 Å². The van der Waals surface area contributed by atoms with Gasteiger partial charge in [0.15, 0.2) is 0 Å². The number of likely N-dealkylation sites (tertiary alicyclic amines) is 1. The van der Waals surface area contributed by atoms with Gasteiger partial charge in [0.05, 0.1) is 11.0 Å². The number of hydrogen-bond donors (Lipinski definition) is 1. The second-order valence-corrected chi connectivity index (χ2v) is 8.91. The van der Waals surface area contributed by atoms with E-state index >= 15 is 0 Å². The third-order valence-electron chi connectivity index (χ3n) is 5.01. The Hall–Kier alpha value is -3.82. The van der Waals surface area contributed by atoms with Gasteiger partial charge in [-0.1, -0.05) is 30.3 Å². The fourth-order valence-corrected chi connectivity index (χ4v) is 3.41. The van der Waals surface area contributed by atoms with E-state index in [9.17, 15) is 19.7 Å². The SMILES string of the molecule is CC(C)(C)OC(=O)Nc1ccc(OC2CCN(C(=O)OCc3ccccc3)CC2)cc1[N+](=O)[O-]. The predicted molar refractivity (Wildman–Crippen MR) is 125 cm³/mol. The lowest BCUT2D eigenvalue weighted by Gasteiger charge is -2.31. The Kier molecular flexibility index (Phi) is 7.93. The van der Waals surface area contributed by atoms with Crippen LogP contribution >= 0.6 is 0 Å². The molecule has 34 heavy (non-hydrogen) atoms. The molecule has 0 spiro atoms. The highest BCUT2D eigenvalue weighted by Gasteiger charge is 2.26. The number of hydrogen-bond acceptors (Lipinski definition) is 7. The van der Waals surface area contributed by atoms with Crippen LogP contribution in [-0.4, -0.2) is 46.8 Å². The van der Waals surface area contributed by atoms with Crippen LogP contribution in [0.4, 0.5) is 21.0 Å².